The number of imide groups is 1. The van der Waals surface area contributed by atoms with Crippen molar-refractivity contribution in [3.8, 4) is 0 Å². The number of nitrogens with zero attached hydrogens (tertiary/aromatic N) is 1. The fourth-order valence-electron chi connectivity index (χ4n) is 6.34. The van der Waals surface area contributed by atoms with Gasteiger partial charge in [0, 0.05) is 11.6 Å². The van der Waals surface area contributed by atoms with Crippen molar-refractivity contribution in [1.29, 1.82) is 0 Å². The molecule has 0 N–H and O–H groups in total. The van der Waals surface area contributed by atoms with Crippen LogP contribution in [-0.4, -0.2) is 41.1 Å². The Morgan fingerprint density at radius 2 is 1.48 bits per heavy atom. The Labute approximate surface area is 180 Å². The van der Waals surface area contributed by atoms with Gasteiger partial charge in [0.1, 0.15) is 5.82 Å². The molecule has 4 atom stereocenters. The van der Waals surface area contributed by atoms with Gasteiger partial charge < -0.3 is 4.74 Å². The zero-order chi connectivity index (χ0) is 21.7. The number of ketones is 1. The first-order valence-electron chi connectivity index (χ1n) is 11.3. The van der Waals surface area contributed by atoms with E-state index in [2.05, 4.69) is 0 Å². The zero-order valence-electron chi connectivity index (χ0n) is 17.3. The summed E-state index contributed by atoms with van der Waals surface area (Å²) in [5.74, 6) is -1.01. The molecule has 3 saturated carbocycles. The van der Waals surface area contributed by atoms with Gasteiger partial charge in [-0.15, -0.1) is 0 Å². The second kappa shape index (κ2) is 7.84. The van der Waals surface area contributed by atoms with Gasteiger partial charge in [-0.1, -0.05) is 0 Å². The maximum absolute atomic E-state index is 13.0. The summed E-state index contributed by atoms with van der Waals surface area (Å²) in [5, 5.41) is 0. The minimum Gasteiger partial charge on any atom is -0.457 e. The quantitative estimate of drug-likeness (QED) is 0.410. The van der Waals surface area contributed by atoms with Gasteiger partial charge in [-0.05, 0) is 81.0 Å². The van der Waals surface area contributed by atoms with Gasteiger partial charge in [-0.25, -0.2) is 4.39 Å². The molecule has 1 aromatic rings. The molecule has 1 heterocycles. The molecule has 4 aliphatic rings. The molecular weight excluding hydrogens is 401 g/mol. The van der Waals surface area contributed by atoms with Crippen LogP contribution in [0.15, 0.2) is 24.3 Å². The van der Waals surface area contributed by atoms with E-state index in [1.54, 1.807) is 0 Å². The van der Waals surface area contributed by atoms with Crippen molar-refractivity contribution in [1.82, 2.24) is 4.90 Å². The summed E-state index contributed by atoms with van der Waals surface area (Å²) < 4.78 is 18.2. The zero-order valence-corrected chi connectivity index (χ0v) is 17.3. The van der Waals surface area contributed by atoms with Crippen molar-refractivity contribution in [3.05, 3.63) is 35.6 Å². The molecule has 7 heteroatoms. The second-order valence-corrected chi connectivity index (χ2v) is 9.47. The highest BCUT2D eigenvalue weighted by molar-refractivity contribution is 6.06. The molecule has 0 aromatic heterocycles. The average Bonchev–Trinajstić information content (AvgIpc) is 3.46. The molecular formula is C24H26FNO5. The third kappa shape index (κ3) is 3.48. The van der Waals surface area contributed by atoms with E-state index in [1.807, 2.05) is 0 Å². The van der Waals surface area contributed by atoms with Gasteiger partial charge in [0.05, 0.1) is 17.8 Å². The summed E-state index contributed by atoms with van der Waals surface area (Å²) in [6.07, 6.45) is 5.41. The van der Waals surface area contributed by atoms with Gasteiger partial charge >= 0.3 is 5.97 Å². The van der Waals surface area contributed by atoms with Crippen molar-refractivity contribution in [2.24, 2.45) is 29.6 Å². The van der Waals surface area contributed by atoms with E-state index < -0.39 is 11.8 Å². The molecule has 5 rings (SSSR count). The molecule has 1 aliphatic heterocycles. The Hall–Kier alpha value is -2.57. The number of rotatable bonds is 5. The van der Waals surface area contributed by atoms with Crippen LogP contribution in [-0.2, 0) is 19.1 Å². The van der Waals surface area contributed by atoms with Crippen molar-refractivity contribution < 1.29 is 28.3 Å². The highest BCUT2D eigenvalue weighted by atomic mass is 19.1. The minimum absolute atomic E-state index is 0.0121. The molecule has 0 unspecified atom stereocenters. The lowest BCUT2D eigenvalue weighted by molar-refractivity contribution is -0.149. The number of halogens is 1. The van der Waals surface area contributed by atoms with E-state index >= 15 is 0 Å². The first-order valence-corrected chi connectivity index (χ1v) is 11.3. The molecule has 164 valence electrons. The van der Waals surface area contributed by atoms with Crippen LogP contribution in [0.1, 0.15) is 55.3 Å². The Kier molecular flexibility index (Phi) is 5.15. The van der Waals surface area contributed by atoms with E-state index in [-0.39, 0.29) is 48.0 Å². The number of amides is 2. The summed E-state index contributed by atoms with van der Waals surface area (Å²) in [6.45, 7) is -0.375. The van der Waals surface area contributed by atoms with Gasteiger partial charge in [0.2, 0.25) is 11.8 Å². The Morgan fingerprint density at radius 3 is 2.06 bits per heavy atom. The molecule has 4 fully saturated rings. The predicted molar refractivity (Wildman–Crippen MR) is 107 cm³/mol. The summed E-state index contributed by atoms with van der Waals surface area (Å²) in [4.78, 5) is 52.0. The third-order valence-corrected chi connectivity index (χ3v) is 7.87. The minimum atomic E-state index is -0.434. The van der Waals surface area contributed by atoms with Crippen LogP contribution in [0.5, 0.6) is 0 Å². The average molecular weight is 427 g/mol. The predicted octanol–water partition coefficient (Wildman–Crippen LogP) is 3.14. The van der Waals surface area contributed by atoms with Crippen LogP contribution < -0.4 is 0 Å². The lowest BCUT2D eigenvalue weighted by atomic mass is 9.81. The Morgan fingerprint density at radius 1 is 0.903 bits per heavy atom. The second-order valence-electron chi connectivity index (χ2n) is 9.47. The first-order chi connectivity index (χ1) is 14.9. The molecule has 3 aliphatic carbocycles. The maximum Gasteiger partial charge on any atom is 0.309 e. The smallest absolute Gasteiger partial charge is 0.309 e. The van der Waals surface area contributed by atoms with Crippen molar-refractivity contribution >= 4 is 23.6 Å². The molecule has 2 amide bonds. The number of ether oxygens (including phenoxy) is 1. The molecule has 6 nitrogen and oxygen atoms in total. The Balaban J connectivity index is 1.13. The number of Topliss-reactive ketones (excluding diaryl/α,β-unsaturated/α-hetero) is 1. The van der Waals surface area contributed by atoms with Gasteiger partial charge in [-0.3, -0.25) is 24.1 Å². The SMILES string of the molecule is O=C(COC(=O)C1CCC(N2C(=O)[C@H]3[C@H]4CC[C@@H](C4)[C@@H]3C2=O)CC1)c1ccc(F)cc1. The number of likely N-dealkylation sites (tertiary alicyclic amines) is 1. The van der Waals surface area contributed by atoms with Crippen molar-refractivity contribution in [3.63, 3.8) is 0 Å². The number of benzene rings is 1. The van der Waals surface area contributed by atoms with E-state index in [0.29, 0.717) is 43.1 Å². The van der Waals surface area contributed by atoms with E-state index in [9.17, 15) is 23.6 Å². The summed E-state index contributed by atoms with van der Waals surface area (Å²) in [5.41, 5.74) is 0.295. The van der Waals surface area contributed by atoms with E-state index in [4.69, 9.17) is 4.74 Å². The number of hydrogen-bond acceptors (Lipinski definition) is 5. The molecule has 31 heavy (non-hydrogen) atoms. The van der Waals surface area contributed by atoms with E-state index in [1.165, 1.54) is 29.2 Å². The normalized spacial score (nSPS) is 34.2. The highest BCUT2D eigenvalue weighted by Gasteiger charge is 2.61. The standard InChI is InChI=1S/C24H26FNO5/c25-17-7-3-13(4-8-17)19(27)12-31-24(30)14-5-9-18(10-6-14)26-22(28)20-15-1-2-16(11-15)21(20)23(26)29/h3-4,7-8,14-16,18,20-21H,1-2,5-6,9-12H2/t14?,15-,16-,18?,20-,21-/m0/s1. The largest absolute Gasteiger partial charge is 0.457 e. The number of hydrogen-bond donors (Lipinski definition) is 0. The van der Waals surface area contributed by atoms with Crippen LogP contribution in [0.2, 0.25) is 0 Å². The van der Waals surface area contributed by atoms with Crippen LogP contribution in [0.4, 0.5) is 4.39 Å². The molecule has 0 radical (unpaired) electrons. The molecule has 1 aromatic carbocycles. The Bertz CT molecular complexity index is 892. The van der Waals surface area contributed by atoms with Crippen molar-refractivity contribution in [2.45, 2.75) is 51.0 Å². The lowest BCUT2D eigenvalue weighted by Crippen LogP contribution is -2.44. The van der Waals surface area contributed by atoms with Crippen LogP contribution in [0, 0.1) is 35.4 Å². The van der Waals surface area contributed by atoms with E-state index in [0.717, 1.165) is 19.3 Å². The fourth-order valence-corrected chi connectivity index (χ4v) is 6.34. The van der Waals surface area contributed by atoms with Crippen molar-refractivity contribution in [2.75, 3.05) is 6.61 Å². The molecule has 2 bridgehead atoms. The van der Waals surface area contributed by atoms with Crippen LogP contribution in [0.3, 0.4) is 0 Å². The highest BCUT2D eigenvalue weighted by Crippen LogP contribution is 2.56. The number of carbonyl (C=O) groups excluding carboxylic acids is 4. The fraction of sp³-hybridized carbons (Fsp3) is 0.583. The third-order valence-electron chi connectivity index (χ3n) is 7.87. The number of fused-ring (bicyclic) bond motifs is 5. The number of esters is 1. The summed E-state index contributed by atoms with van der Waals surface area (Å²) in [6, 6.07) is 4.98. The van der Waals surface area contributed by atoms with Crippen LogP contribution >= 0.6 is 0 Å². The monoisotopic (exact) mass is 427 g/mol. The first kappa shape index (κ1) is 20.3. The summed E-state index contributed by atoms with van der Waals surface area (Å²) in [7, 11) is 0. The van der Waals surface area contributed by atoms with Gasteiger partial charge in [0.15, 0.2) is 12.4 Å². The van der Waals surface area contributed by atoms with Crippen LogP contribution in [0.25, 0.3) is 0 Å². The lowest BCUT2D eigenvalue weighted by Gasteiger charge is -2.33. The molecule has 0 spiro atoms. The summed E-state index contributed by atoms with van der Waals surface area (Å²) >= 11 is 0. The maximum atomic E-state index is 13.0. The topological polar surface area (TPSA) is 80.8 Å². The van der Waals surface area contributed by atoms with Gasteiger partial charge in [-0.2, -0.15) is 0 Å². The number of carbonyl (C=O) groups is 4. The molecule has 1 saturated heterocycles. The van der Waals surface area contributed by atoms with Gasteiger partial charge in [0.25, 0.3) is 0 Å².